The van der Waals surface area contributed by atoms with Gasteiger partial charge >= 0.3 is 0 Å². The van der Waals surface area contributed by atoms with Crippen molar-refractivity contribution in [2.24, 2.45) is 0 Å². The van der Waals surface area contributed by atoms with Gasteiger partial charge in [-0.15, -0.1) is 0 Å². The number of hydrogen-bond acceptors (Lipinski definition) is 1. The molecule has 0 radical (unpaired) electrons. The third-order valence-corrected chi connectivity index (χ3v) is 3.97. The summed E-state index contributed by atoms with van der Waals surface area (Å²) < 4.78 is 0. The molecule has 0 fully saturated rings. The van der Waals surface area contributed by atoms with Crippen molar-refractivity contribution in [2.45, 2.75) is 34.2 Å². The van der Waals surface area contributed by atoms with Crippen LogP contribution in [0.5, 0.6) is 0 Å². The van der Waals surface area contributed by atoms with Crippen LogP contribution in [0, 0.1) is 27.7 Å². The summed E-state index contributed by atoms with van der Waals surface area (Å²) in [6.07, 6.45) is 0. The van der Waals surface area contributed by atoms with Crippen molar-refractivity contribution in [3.63, 3.8) is 0 Å². The average Bonchev–Trinajstić information content (AvgIpc) is 2.33. The first-order valence-electron chi connectivity index (χ1n) is 6.54. The first kappa shape index (κ1) is 14.0. The molecule has 19 heavy (non-hydrogen) atoms. The second-order valence-corrected chi connectivity index (χ2v) is 5.55. The van der Waals surface area contributed by atoms with E-state index in [0.717, 1.165) is 22.8 Å². The van der Waals surface area contributed by atoms with Gasteiger partial charge in [-0.25, -0.2) is 0 Å². The summed E-state index contributed by atoms with van der Waals surface area (Å²) in [6, 6.07) is 10.4. The van der Waals surface area contributed by atoms with E-state index in [1.807, 2.05) is 19.1 Å². The molecule has 0 aliphatic rings. The van der Waals surface area contributed by atoms with E-state index in [4.69, 9.17) is 11.6 Å². The summed E-state index contributed by atoms with van der Waals surface area (Å²) in [5.74, 6) is 0. The lowest BCUT2D eigenvalue weighted by Gasteiger charge is -2.15. The maximum atomic E-state index is 6.14. The fraction of sp³-hybridized carbons (Fsp3) is 0.294. The second kappa shape index (κ2) is 5.66. The summed E-state index contributed by atoms with van der Waals surface area (Å²) in [4.78, 5) is 0. The number of hydrogen-bond donors (Lipinski definition) is 1. The Labute approximate surface area is 120 Å². The number of anilines is 1. The Hall–Kier alpha value is -1.47. The predicted molar refractivity (Wildman–Crippen MR) is 84.2 cm³/mol. The summed E-state index contributed by atoms with van der Waals surface area (Å²) in [5, 5.41) is 4.29. The van der Waals surface area contributed by atoms with E-state index >= 15 is 0 Å². The minimum absolute atomic E-state index is 0.808. The van der Waals surface area contributed by atoms with Gasteiger partial charge in [-0.2, -0.15) is 0 Å². The highest BCUT2D eigenvalue weighted by molar-refractivity contribution is 6.31. The summed E-state index contributed by atoms with van der Waals surface area (Å²) in [7, 11) is 0. The SMILES string of the molecule is Cc1cc(C)c(CNc2cccc(Cl)c2C)c(C)c1. The van der Waals surface area contributed by atoms with Crippen LogP contribution in [0.1, 0.15) is 27.8 Å². The lowest BCUT2D eigenvalue weighted by molar-refractivity contribution is 1.08. The second-order valence-electron chi connectivity index (χ2n) is 5.14. The molecule has 2 rings (SSSR count). The van der Waals surface area contributed by atoms with Crippen LogP contribution in [0.3, 0.4) is 0 Å². The van der Waals surface area contributed by atoms with Crippen LogP contribution >= 0.6 is 11.6 Å². The zero-order chi connectivity index (χ0) is 14.0. The molecule has 0 aliphatic carbocycles. The highest BCUT2D eigenvalue weighted by atomic mass is 35.5. The van der Waals surface area contributed by atoms with Gasteiger partial charge < -0.3 is 5.32 Å². The van der Waals surface area contributed by atoms with Gasteiger partial charge in [-0.3, -0.25) is 0 Å². The van der Waals surface area contributed by atoms with E-state index < -0.39 is 0 Å². The number of rotatable bonds is 3. The quantitative estimate of drug-likeness (QED) is 0.812. The fourth-order valence-electron chi connectivity index (χ4n) is 2.47. The van der Waals surface area contributed by atoms with Gasteiger partial charge in [0.05, 0.1) is 0 Å². The summed E-state index contributed by atoms with van der Waals surface area (Å²) in [5.41, 5.74) is 7.57. The molecule has 0 unspecified atom stereocenters. The van der Waals surface area contributed by atoms with Crippen molar-refractivity contribution in [2.75, 3.05) is 5.32 Å². The first-order valence-corrected chi connectivity index (χ1v) is 6.92. The molecule has 1 N–H and O–H groups in total. The zero-order valence-corrected chi connectivity index (χ0v) is 12.7. The third-order valence-electron chi connectivity index (χ3n) is 3.56. The minimum Gasteiger partial charge on any atom is -0.381 e. The Bertz CT molecular complexity index is 579. The molecular formula is C17H20ClN. The highest BCUT2D eigenvalue weighted by Gasteiger charge is 2.06. The van der Waals surface area contributed by atoms with Crippen LogP contribution in [0.2, 0.25) is 5.02 Å². The molecule has 2 aromatic carbocycles. The average molecular weight is 274 g/mol. The fourth-order valence-corrected chi connectivity index (χ4v) is 2.65. The molecule has 0 aromatic heterocycles. The van der Waals surface area contributed by atoms with E-state index in [2.05, 4.69) is 44.3 Å². The molecule has 0 heterocycles. The highest BCUT2D eigenvalue weighted by Crippen LogP contribution is 2.24. The van der Waals surface area contributed by atoms with Crippen molar-refractivity contribution in [3.05, 3.63) is 63.2 Å². The Balaban J connectivity index is 2.22. The molecule has 2 aromatic rings. The van der Waals surface area contributed by atoms with Crippen molar-refractivity contribution >= 4 is 17.3 Å². The molecule has 0 bridgehead atoms. The van der Waals surface area contributed by atoms with Crippen LogP contribution in [0.25, 0.3) is 0 Å². The Morgan fingerprint density at radius 2 is 1.63 bits per heavy atom. The molecular weight excluding hydrogens is 254 g/mol. The van der Waals surface area contributed by atoms with Crippen molar-refractivity contribution in [1.82, 2.24) is 0 Å². The van der Waals surface area contributed by atoms with Gasteiger partial charge in [-0.1, -0.05) is 35.4 Å². The smallest absolute Gasteiger partial charge is 0.0455 e. The number of halogens is 1. The predicted octanol–water partition coefficient (Wildman–Crippen LogP) is 5.19. The van der Waals surface area contributed by atoms with Crippen molar-refractivity contribution in [1.29, 1.82) is 0 Å². The van der Waals surface area contributed by atoms with E-state index in [0.29, 0.717) is 0 Å². The van der Waals surface area contributed by atoms with Crippen molar-refractivity contribution in [3.8, 4) is 0 Å². The number of aryl methyl sites for hydroxylation is 3. The zero-order valence-electron chi connectivity index (χ0n) is 12.0. The Morgan fingerprint density at radius 1 is 1.00 bits per heavy atom. The van der Waals surface area contributed by atoms with Crippen LogP contribution < -0.4 is 5.32 Å². The Kier molecular flexibility index (Phi) is 4.16. The van der Waals surface area contributed by atoms with Gasteiger partial charge in [0.2, 0.25) is 0 Å². The minimum atomic E-state index is 0.808. The molecule has 0 atom stereocenters. The summed E-state index contributed by atoms with van der Waals surface area (Å²) >= 11 is 6.14. The molecule has 0 saturated carbocycles. The first-order chi connectivity index (χ1) is 8.99. The Morgan fingerprint density at radius 3 is 2.26 bits per heavy atom. The van der Waals surface area contributed by atoms with E-state index in [-0.39, 0.29) is 0 Å². The molecule has 0 spiro atoms. The van der Waals surface area contributed by atoms with E-state index in [9.17, 15) is 0 Å². The molecule has 1 nitrogen and oxygen atoms in total. The molecule has 0 amide bonds. The molecule has 0 saturated heterocycles. The number of nitrogens with one attached hydrogen (secondary N) is 1. The maximum absolute atomic E-state index is 6.14. The van der Waals surface area contributed by atoms with Gasteiger partial charge in [0.15, 0.2) is 0 Å². The molecule has 2 heteroatoms. The molecule has 0 aliphatic heterocycles. The standard InChI is InChI=1S/C17H20ClN/c1-11-8-12(2)15(13(3)9-11)10-19-17-7-5-6-16(18)14(17)4/h5-9,19H,10H2,1-4H3. The van der Waals surface area contributed by atoms with E-state index in [1.165, 1.54) is 22.3 Å². The normalized spacial score (nSPS) is 10.6. The lowest BCUT2D eigenvalue weighted by atomic mass is 9.99. The van der Waals surface area contributed by atoms with Crippen molar-refractivity contribution < 1.29 is 0 Å². The van der Waals surface area contributed by atoms with Crippen LogP contribution in [0.15, 0.2) is 30.3 Å². The van der Waals surface area contributed by atoms with Gasteiger partial charge in [0.1, 0.15) is 0 Å². The van der Waals surface area contributed by atoms with Gasteiger partial charge in [0, 0.05) is 17.3 Å². The molecule has 100 valence electrons. The van der Waals surface area contributed by atoms with Gasteiger partial charge in [-0.05, 0) is 62.1 Å². The van der Waals surface area contributed by atoms with Gasteiger partial charge in [0.25, 0.3) is 0 Å². The lowest BCUT2D eigenvalue weighted by Crippen LogP contribution is -2.05. The van der Waals surface area contributed by atoms with Crippen LogP contribution in [0.4, 0.5) is 5.69 Å². The van der Waals surface area contributed by atoms with E-state index in [1.54, 1.807) is 0 Å². The number of benzene rings is 2. The monoisotopic (exact) mass is 273 g/mol. The van der Waals surface area contributed by atoms with Crippen LogP contribution in [-0.4, -0.2) is 0 Å². The third kappa shape index (κ3) is 3.10. The summed E-state index contributed by atoms with van der Waals surface area (Å²) in [6.45, 7) is 9.35. The van der Waals surface area contributed by atoms with Crippen LogP contribution in [-0.2, 0) is 6.54 Å². The largest absolute Gasteiger partial charge is 0.381 e. The maximum Gasteiger partial charge on any atom is 0.0455 e. The topological polar surface area (TPSA) is 12.0 Å².